The Morgan fingerprint density at radius 2 is 2.00 bits per heavy atom. The van der Waals surface area contributed by atoms with Gasteiger partial charge in [-0.2, -0.15) is 13.2 Å². The summed E-state index contributed by atoms with van der Waals surface area (Å²) in [5, 5.41) is 0. The number of esters is 1. The van der Waals surface area contributed by atoms with E-state index in [1.54, 1.807) is 6.92 Å². The summed E-state index contributed by atoms with van der Waals surface area (Å²) in [4.78, 5) is 14.4. The molecule has 0 fully saturated rings. The van der Waals surface area contributed by atoms with Crippen molar-refractivity contribution in [2.45, 2.75) is 26.1 Å². The quantitative estimate of drug-likeness (QED) is 0.617. The van der Waals surface area contributed by atoms with E-state index in [1.807, 2.05) is 0 Å². The average molecular weight is 259 g/mol. The zero-order valence-electron chi connectivity index (χ0n) is 9.91. The molecule has 18 heavy (non-hydrogen) atoms. The SMILES string of the molecule is C=C(C)C(OC(C)=O)c1cccc(C(F)(F)F)n1. The fourth-order valence-electron chi connectivity index (χ4n) is 1.33. The first-order chi connectivity index (χ1) is 8.21. The molecule has 0 bridgehead atoms. The van der Waals surface area contributed by atoms with E-state index in [-0.39, 0.29) is 5.69 Å². The highest BCUT2D eigenvalue weighted by Crippen LogP contribution is 2.30. The lowest BCUT2D eigenvalue weighted by Gasteiger charge is -2.17. The van der Waals surface area contributed by atoms with Gasteiger partial charge >= 0.3 is 12.1 Å². The number of rotatable bonds is 3. The summed E-state index contributed by atoms with van der Waals surface area (Å²) < 4.78 is 42.4. The van der Waals surface area contributed by atoms with Gasteiger partial charge in [0.2, 0.25) is 0 Å². The van der Waals surface area contributed by atoms with Crippen LogP contribution in [0.4, 0.5) is 13.2 Å². The number of carbonyl (C=O) groups excluding carboxylic acids is 1. The Labute approximate surface area is 102 Å². The Morgan fingerprint density at radius 3 is 2.44 bits per heavy atom. The molecule has 1 heterocycles. The maximum absolute atomic E-state index is 12.5. The van der Waals surface area contributed by atoms with Crippen LogP contribution in [0.15, 0.2) is 30.4 Å². The molecule has 1 atom stereocenters. The van der Waals surface area contributed by atoms with E-state index in [9.17, 15) is 18.0 Å². The number of aromatic nitrogens is 1. The second-order valence-electron chi connectivity index (χ2n) is 3.78. The van der Waals surface area contributed by atoms with Gasteiger partial charge in [0.1, 0.15) is 5.69 Å². The van der Waals surface area contributed by atoms with Gasteiger partial charge in [0.05, 0.1) is 5.69 Å². The van der Waals surface area contributed by atoms with E-state index in [2.05, 4.69) is 11.6 Å². The van der Waals surface area contributed by atoms with Crippen LogP contribution in [0.5, 0.6) is 0 Å². The molecule has 0 aliphatic heterocycles. The van der Waals surface area contributed by atoms with Gasteiger partial charge in [-0.3, -0.25) is 4.79 Å². The van der Waals surface area contributed by atoms with Crippen molar-refractivity contribution in [2.75, 3.05) is 0 Å². The second-order valence-corrected chi connectivity index (χ2v) is 3.78. The third kappa shape index (κ3) is 3.58. The lowest BCUT2D eigenvalue weighted by Crippen LogP contribution is -2.14. The minimum Gasteiger partial charge on any atom is -0.451 e. The summed E-state index contributed by atoms with van der Waals surface area (Å²) in [6.45, 7) is 6.30. The number of alkyl halides is 3. The highest BCUT2D eigenvalue weighted by Gasteiger charge is 2.33. The Kier molecular flexibility index (Phi) is 4.11. The molecule has 1 unspecified atom stereocenters. The van der Waals surface area contributed by atoms with Crippen LogP contribution in [0.3, 0.4) is 0 Å². The van der Waals surface area contributed by atoms with E-state index in [0.29, 0.717) is 5.57 Å². The molecule has 1 rings (SSSR count). The van der Waals surface area contributed by atoms with Crippen LogP contribution in [-0.2, 0) is 15.7 Å². The van der Waals surface area contributed by atoms with E-state index in [0.717, 1.165) is 6.07 Å². The van der Waals surface area contributed by atoms with Crippen molar-refractivity contribution < 1.29 is 22.7 Å². The summed E-state index contributed by atoms with van der Waals surface area (Å²) in [5.41, 5.74) is -0.622. The zero-order chi connectivity index (χ0) is 13.9. The van der Waals surface area contributed by atoms with Crippen LogP contribution in [0.25, 0.3) is 0 Å². The standard InChI is InChI=1S/C12H12F3NO2/c1-7(2)11(18-8(3)17)9-5-4-6-10(16-9)12(13,14)15/h4-6,11H,1H2,2-3H3. The molecule has 6 heteroatoms. The van der Waals surface area contributed by atoms with Gasteiger partial charge < -0.3 is 4.74 Å². The Morgan fingerprint density at radius 1 is 1.39 bits per heavy atom. The third-order valence-electron chi connectivity index (χ3n) is 2.06. The van der Waals surface area contributed by atoms with E-state index in [4.69, 9.17) is 4.74 Å². The summed E-state index contributed by atoms with van der Waals surface area (Å²) in [5.74, 6) is -0.609. The summed E-state index contributed by atoms with van der Waals surface area (Å²) >= 11 is 0. The predicted octanol–water partition coefficient (Wildman–Crippen LogP) is 3.28. The van der Waals surface area contributed by atoms with Crippen molar-refractivity contribution in [1.82, 2.24) is 4.98 Å². The van der Waals surface area contributed by atoms with E-state index >= 15 is 0 Å². The minimum atomic E-state index is -4.54. The minimum absolute atomic E-state index is 0.00697. The summed E-state index contributed by atoms with van der Waals surface area (Å²) in [6.07, 6.45) is -5.50. The zero-order valence-corrected chi connectivity index (χ0v) is 9.91. The first kappa shape index (κ1) is 14.2. The first-order valence-corrected chi connectivity index (χ1v) is 5.08. The molecular formula is C12H12F3NO2. The van der Waals surface area contributed by atoms with Gasteiger partial charge in [0, 0.05) is 6.92 Å². The third-order valence-corrected chi connectivity index (χ3v) is 2.06. The molecule has 3 nitrogen and oxygen atoms in total. The maximum Gasteiger partial charge on any atom is 0.433 e. The molecule has 0 aliphatic rings. The molecule has 98 valence electrons. The number of hydrogen-bond acceptors (Lipinski definition) is 3. The molecule has 0 radical (unpaired) electrons. The smallest absolute Gasteiger partial charge is 0.433 e. The fourth-order valence-corrected chi connectivity index (χ4v) is 1.33. The van der Waals surface area contributed by atoms with Crippen molar-refractivity contribution >= 4 is 5.97 Å². The normalized spacial score (nSPS) is 12.9. The summed E-state index contributed by atoms with van der Waals surface area (Å²) in [7, 11) is 0. The van der Waals surface area contributed by atoms with Crippen molar-refractivity contribution in [3.8, 4) is 0 Å². The number of pyridine rings is 1. The first-order valence-electron chi connectivity index (χ1n) is 5.08. The average Bonchev–Trinajstić information content (AvgIpc) is 2.24. The summed E-state index contributed by atoms with van der Waals surface area (Å²) in [6, 6.07) is 3.43. The number of nitrogens with zero attached hydrogens (tertiary/aromatic N) is 1. The van der Waals surface area contributed by atoms with E-state index in [1.165, 1.54) is 19.1 Å². The number of hydrogen-bond donors (Lipinski definition) is 0. The number of halogens is 3. The van der Waals surface area contributed by atoms with Crippen LogP contribution >= 0.6 is 0 Å². The lowest BCUT2D eigenvalue weighted by atomic mass is 10.1. The van der Waals surface area contributed by atoms with Crippen LogP contribution in [0.1, 0.15) is 31.3 Å². The van der Waals surface area contributed by atoms with Gasteiger partial charge in [-0.15, -0.1) is 0 Å². The molecule has 0 spiro atoms. The molecule has 0 amide bonds. The van der Waals surface area contributed by atoms with Crippen LogP contribution < -0.4 is 0 Å². The molecular weight excluding hydrogens is 247 g/mol. The maximum atomic E-state index is 12.5. The molecule has 1 aromatic heterocycles. The van der Waals surface area contributed by atoms with Gasteiger partial charge in [-0.25, -0.2) is 4.98 Å². The van der Waals surface area contributed by atoms with Crippen molar-refractivity contribution in [3.05, 3.63) is 41.7 Å². The Balaban J connectivity index is 3.13. The van der Waals surface area contributed by atoms with Gasteiger partial charge in [0.25, 0.3) is 0 Å². The topological polar surface area (TPSA) is 39.2 Å². The van der Waals surface area contributed by atoms with Crippen LogP contribution in [-0.4, -0.2) is 11.0 Å². The van der Waals surface area contributed by atoms with Crippen molar-refractivity contribution in [3.63, 3.8) is 0 Å². The van der Waals surface area contributed by atoms with Crippen LogP contribution in [0, 0.1) is 0 Å². The van der Waals surface area contributed by atoms with Gasteiger partial charge in [0.15, 0.2) is 6.10 Å². The molecule has 0 saturated carbocycles. The monoisotopic (exact) mass is 259 g/mol. The van der Waals surface area contributed by atoms with Gasteiger partial charge in [-0.1, -0.05) is 12.6 Å². The molecule has 0 aromatic carbocycles. The molecule has 1 aromatic rings. The Bertz CT molecular complexity index is 469. The Hall–Kier alpha value is -1.85. The second kappa shape index (κ2) is 5.20. The van der Waals surface area contributed by atoms with Crippen LogP contribution in [0.2, 0.25) is 0 Å². The number of ether oxygens (including phenoxy) is 1. The molecule has 0 aliphatic carbocycles. The number of carbonyl (C=O) groups is 1. The lowest BCUT2D eigenvalue weighted by molar-refractivity contribution is -0.145. The molecule has 0 N–H and O–H groups in total. The van der Waals surface area contributed by atoms with Crippen molar-refractivity contribution in [2.24, 2.45) is 0 Å². The predicted molar refractivity (Wildman–Crippen MR) is 58.6 cm³/mol. The fraction of sp³-hybridized carbons (Fsp3) is 0.333. The van der Waals surface area contributed by atoms with Gasteiger partial charge in [-0.05, 0) is 24.6 Å². The highest BCUT2D eigenvalue weighted by atomic mass is 19.4. The largest absolute Gasteiger partial charge is 0.451 e. The van der Waals surface area contributed by atoms with Crippen molar-refractivity contribution in [1.29, 1.82) is 0 Å². The molecule has 0 saturated heterocycles. The highest BCUT2D eigenvalue weighted by molar-refractivity contribution is 5.66. The van der Waals surface area contributed by atoms with E-state index < -0.39 is 23.9 Å².